The molecule has 0 saturated heterocycles. The number of hydrogen-bond acceptors (Lipinski definition) is 3. The highest BCUT2D eigenvalue weighted by atomic mass is 16.7. The van der Waals surface area contributed by atoms with E-state index in [1.807, 2.05) is 61.5 Å². The molecule has 106 valence electrons. The first-order valence-electron chi connectivity index (χ1n) is 6.72. The summed E-state index contributed by atoms with van der Waals surface area (Å²) in [6.45, 7) is 4.08. The van der Waals surface area contributed by atoms with E-state index in [2.05, 4.69) is 0 Å². The molecule has 0 aliphatic carbocycles. The van der Waals surface area contributed by atoms with E-state index >= 15 is 0 Å². The van der Waals surface area contributed by atoms with Gasteiger partial charge in [-0.2, -0.15) is 0 Å². The van der Waals surface area contributed by atoms with Crippen molar-refractivity contribution < 1.29 is 14.6 Å². The predicted molar refractivity (Wildman–Crippen MR) is 78.5 cm³/mol. The van der Waals surface area contributed by atoms with Gasteiger partial charge in [0.05, 0.1) is 6.61 Å². The standard InChI is InChI=1S/C17H20O3/c1-13-8-10-16(11-9-13)20-17(14(2)18)19-12-15-6-4-3-5-7-15/h3-11,14,17-18H,12H2,1-2H3. The van der Waals surface area contributed by atoms with E-state index in [-0.39, 0.29) is 0 Å². The molecule has 2 aromatic carbocycles. The number of benzene rings is 2. The molecule has 0 spiro atoms. The van der Waals surface area contributed by atoms with Crippen molar-refractivity contribution in [1.29, 1.82) is 0 Å². The van der Waals surface area contributed by atoms with Crippen molar-refractivity contribution in [3.63, 3.8) is 0 Å². The van der Waals surface area contributed by atoms with Gasteiger partial charge in [0.2, 0.25) is 6.29 Å². The molecule has 0 aliphatic rings. The van der Waals surface area contributed by atoms with Gasteiger partial charge in [-0.05, 0) is 31.5 Å². The summed E-state index contributed by atoms with van der Waals surface area (Å²) >= 11 is 0. The summed E-state index contributed by atoms with van der Waals surface area (Å²) in [6.07, 6.45) is -1.39. The van der Waals surface area contributed by atoms with Crippen LogP contribution in [0.15, 0.2) is 54.6 Å². The van der Waals surface area contributed by atoms with Crippen LogP contribution in [0.1, 0.15) is 18.1 Å². The molecule has 0 aliphatic heterocycles. The third-order valence-electron chi connectivity index (χ3n) is 2.92. The molecule has 3 nitrogen and oxygen atoms in total. The normalized spacial score (nSPS) is 13.8. The fourth-order valence-electron chi connectivity index (χ4n) is 1.78. The molecule has 0 saturated carbocycles. The van der Waals surface area contributed by atoms with Gasteiger partial charge in [0.25, 0.3) is 0 Å². The molecular weight excluding hydrogens is 252 g/mol. The molecule has 2 rings (SSSR count). The molecule has 0 amide bonds. The van der Waals surface area contributed by atoms with Crippen molar-refractivity contribution in [2.75, 3.05) is 0 Å². The molecule has 20 heavy (non-hydrogen) atoms. The number of aliphatic hydroxyl groups is 1. The van der Waals surface area contributed by atoms with Crippen molar-refractivity contribution >= 4 is 0 Å². The summed E-state index contributed by atoms with van der Waals surface area (Å²) < 4.78 is 11.3. The molecule has 3 heteroatoms. The van der Waals surface area contributed by atoms with Crippen LogP contribution in [0, 0.1) is 6.92 Å². The van der Waals surface area contributed by atoms with Gasteiger partial charge in [-0.15, -0.1) is 0 Å². The van der Waals surface area contributed by atoms with E-state index in [1.165, 1.54) is 0 Å². The number of ether oxygens (including phenoxy) is 2. The zero-order valence-corrected chi connectivity index (χ0v) is 11.8. The maximum absolute atomic E-state index is 9.76. The van der Waals surface area contributed by atoms with Gasteiger partial charge in [-0.3, -0.25) is 0 Å². The van der Waals surface area contributed by atoms with Crippen LogP contribution in [-0.4, -0.2) is 17.5 Å². The second kappa shape index (κ2) is 7.08. The average Bonchev–Trinajstić information content (AvgIpc) is 2.46. The van der Waals surface area contributed by atoms with Crippen LogP contribution in [0.5, 0.6) is 5.75 Å². The van der Waals surface area contributed by atoms with E-state index < -0.39 is 12.4 Å². The van der Waals surface area contributed by atoms with Gasteiger partial charge in [0.1, 0.15) is 11.9 Å². The minimum atomic E-state index is -0.708. The van der Waals surface area contributed by atoms with Crippen LogP contribution in [0.4, 0.5) is 0 Å². The quantitative estimate of drug-likeness (QED) is 0.820. The van der Waals surface area contributed by atoms with Gasteiger partial charge in [-0.25, -0.2) is 0 Å². The zero-order chi connectivity index (χ0) is 14.4. The minimum absolute atomic E-state index is 0.405. The lowest BCUT2D eigenvalue weighted by Crippen LogP contribution is -2.32. The van der Waals surface area contributed by atoms with E-state index in [4.69, 9.17) is 9.47 Å². The van der Waals surface area contributed by atoms with Crippen LogP contribution < -0.4 is 4.74 Å². The van der Waals surface area contributed by atoms with Crippen molar-refractivity contribution in [3.05, 3.63) is 65.7 Å². The van der Waals surface area contributed by atoms with Crippen molar-refractivity contribution in [2.45, 2.75) is 32.8 Å². The van der Waals surface area contributed by atoms with Crippen LogP contribution >= 0.6 is 0 Å². The van der Waals surface area contributed by atoms with Gasteiger partial charge in [-0.1, -0.05) is 48.0 Å². The van der Waals surface area contributed by atoms with Crippen molar-refractivity contribution in [3.8, 4) is 5.75 Å². The Morgan fingerprint density at radius 1 is 1.00 bits per heavy atom. The summed E-state index contributed by atoms with van der Waals surface area (Å²) in [6, 6.07) is 17.5. The Balaban J connectivity index is 1.95. The Morgan fingerprint density at radius 2 is 1.65 bits per heavy atom. The maximum Gasteiger partial charge on any atom is 0.226 e. The lowest BCUT2D eigenvalue weighted by molar-refractivity contribution is -0.146. The number of rotatable bonds is 6. The van der Waals surface area contributed by atoms with E-state index in [0.29, 0.717) is 12.4 Å². The zero-order valence-electron chi connectivity index (χ0n) is 11.8. The highest BCUT2D eigenvalue weighted by Crippen LogP contribution is 2.16. The number of aryl methyl sites for hydroxylation is 1. The lowest BCUT2D eigenvalue weighted by atomic mass is 10.2. The monoisotopic (exact) mass is 272 g/mol. The Bertz CT molecular complexity index is 506. The summed E-state index contributed by atoms with van der Waals surface area (Å²) in [5, 5.41) is 9.76. The molecular formula is C17H20O3. The predicted octanol–water partition coefficient (Wildman–Crippen LogP) is 3.30. The van der Waals surface area contributed by atoms with Gasteiger partial charge in [0, 0.05) is 0 Å². The first-order valence-corrected chi connectivity index (χ1v) is 6.72. The molecule has 1 N–H and O–H groups in total. The summed E-state index contributed by atoms with van der Waals surface area (Å²) in [7, 11) is 0. The second-order valence-electron chi connectivity index (χ2n) is 4.84. The third kappa shape index (κ3) is 4.37. The Kier molecular flexibility index (Phi) is 5.16. The molecule has 2 atom stereocenters. The first-order chi connectivity index (χ1) is 9.65. The summed E-state index contributed by atoms with van der Waals surface area (Å²) in [5.74, 6) is 0.689. The van der Waals surface area contributed by atoms with E-state index in [0.717, 1.165) is 11.1 Å². The Morgan fingerprint density at radius 3 is 2.25 bits per heavy atom. The van der Waals surface area contributed by atoms with Crippen LogP contribution in [0.2, 0.25) is 0 Å². The van der Waals surface area contributed by atoms with E-state index in [9.17, 15) is 5.11 Å². The molecule has 0 bridgehead atoms. The van der Waals surface area contributed by atoms with Crippen LogP contribution in [-0.2, 0) is 11.3 Å². The van der Waals surface area contributed by atoms with E-state index in [1.54, 1.807) is 6.92 Å². The minimum Gasteiger partial charge on any atom is -0.462 e. The first kappa shape index (κ1) is 14.6. The maximum atomic E-state index is 9.76. The summed E-state index contributed by atoms with van der Waals surface area (Å²) in [5.41, 5.74) is 2.21. The SMILES string of the molecule is Cc1ccc(OC(OCc2ccccc2)C(C)O)cc1. The van der Waals surface area contributed by atoms with Gasteiger partial charge >= 0.3 is 0 Å². The molecule has 0 radical (unpaired) electrons. The van der Waals surface area contributed by atoms with Crippen LogP contribution in [0.25, 0.3) is 0 Å². The van der Waals surface area contributed by atoms with Crippen LogP contribution in [0.3, 0.4) is 0 Å². The molecule has 2 unspecified atom stereocenters. The largest absolute Gasteiger partial charge is 0.462 e. The molecule has 0 fully saturated rings. The highest BCUT2D eigenvalue weighted by Gasteiger charge is 2.17. The lowest BCUT2D eigenvalue weighted by Gasteiger charge is -2.22. The third-order valence-corrected chi connectivity index (χ3v) is 2.92. The smallest absolute Gasteiger partial charge is 0.226 e. The second-order valence-corrected chi connectivity index (χ2v) is 4.84. The highest BCUT2D eigenvalue weighted by molar-refractivity contribution is 5.26. The van der Waals surface area contributed by atoms with Crippen molar-refractivity contribution in [2.24, 2.45) is 0 Å². The Hall–Kier alpha value is -1.84. The molecule has 0 heterocycles. The number of aliphatic hydroxyl groups excluding tert-OH is 1. The number of hydrogen-bond donors (Lipinski definition) is 1. The average molecular weight is 272 g/mol. The Labute approximate surface area is 119 Å². The van der Waals surface area contributed by atoms with Crippen molar-refractivity contribution in [1.82, 2.24) is 0 Å². The fourth-order valence-corrected chi connectivity index (χ4v) is 1.78. The summed E-state index contributed by atoms with van der Waals surface area (Å²) in [4.78, 5) is 0. The molecule has 2 aromatic rings. The van der Waals surface area contributed by atoms with Gasteiger partial charge in [0.15, 0.2) is 0 Å². The van der Waals surface area contributed by atoms with Gasteiger partial charge < -0.3 is 14.6 Å². The fraction of sp³-hybridized carbons (Fsp3) is 0.294. The molecule has 0 aromatic heterocycles. The topological polar surface area (TPSA) is 38.7 Å².